The molecule has 1 aromatic rings. The third kappa shape index (κ3) is 3.34. The fourth-order valence-corrected chi connectivity index (χ4v) is 2.51. The van der Waals surface area contributed by atoms with Crippen LogP contribution < -0.4 is 0 Å². The van der Waals surface area contributed by atoms with Gasteiger partial charge in [-0.1, -0.05) is 53.2 Å². The number of benzene rings is 1. The van der Waals surface area contributed by atoms with Crippen molar-refractivity contribution in [3.8, 4) is 0 Å². The van der Waals surface area contributed by atoms with Gasteiger partial charge in [-0.2, -0.15) is 0 Å². The molecule has 2 unspecified atom stereocenters. The Morgan fingerprint density at radius 1 is 1.44 bits per heavy atom. The summed E-state index contributed by atoms with van der Waals surface area (Å²) in [5.74, 6) is -0.281. The first-order valence-electron chi connectivity index (χ1n) is 5.29. The SMILES string of the molecule is COC(=O)C(C)CC(C)(Br)c1ccccc1. The van der Waals surface area contributed by atoms with Crippen LogP contribution in [0.2, 0.25) is 0 Å². The lowest BCUT2D eigenvalue weighted by Gasteiger charge is -2.25. The van der Waals surface area contributed by atoms with E-state index in [1.165, 1.54) is 12.7 Å². The second-order valence-corrected chi connectivity index (χ2v) is 5.94. The Balaban J connectivity index is 2.76. The molecular weight excluding hydrogens is 268 g/mol. The highest BCUT2D eigenvalue weighted by Crippen LogP contribution is 2.37. The number of esters is 1. The standard InChI is InChI=1S/C13H17BrO2/c1-10(12(15)16-3)9-13(2,14)11-7-5-4-6-8-11/h4-8,10H,9H2,1-3H3. The smallest absolute Gasteiger partial charge is 0.308 e. The second-order valence-electron chi connectivity index (χ2n) is 4.19. The molecule has 0 radical (unpaired) electrons. The minimum atomic E-state index is -0.193. The van der Waals surface area contributed by atoms with E-state index in [-0.39, 0.29) is 16.2 Å². The molecule has 2 atom stereocenters. The van der Waals surface area contributed by atoms with Crippen LogP contribution in [0, 0.1) is 5.92 Å². The summed E-state index contributed by atoms with van der Waals surface area (Å²) >= 11 is 3.68. The van der Waals surface area contributed by atoms with Gasteiger partial charge in [-0.3, -0.25) is 4.79 Å². The van der Waals surface area contributed by atoms with Gasteiger partial charge in [-0.25, -0.2) is 0 Å². The molecule has 2 nitrogen and oxygen atoms in total. The molecule has 0 saturated carbocycles. The van der Waals surface area contributed by atoms with Crippen LogP contribution >= 0.6 is 15.9 Å². The van der Waals surface area contributed by atoms with Crippen LogP contribution in [-0.4, -0.2) is 13.1 Å². The topological polar surface area (TPSA) is 26.3 Å². The number of halogens is 1. The number of carbonyl (C=O) groups is 1. The summed E-state index contributed by atoms with van der Waals surface area (Å²) in [6.07, 6.45) is 0.712. The highest BCUT2D eigenvalue weighted by molar-refractivity contribution is 9.09. The van der Waals surface area contributed by atoms with Gasteiger partial charge in [-0.15, -0.1) is 0 Å². The van der Waals surface area contributed by atoms with Gasteiger partial charge in [0.2, 0.25) is 0 Å². The monoisotopic (exact) mass is 284 g/mol. The van der Waals surface area contributed by atoms with Crippen molar-refractivity contribution in [3.05, 3.63) is 35.9 Å². The number of methoxy groups -OCH3 is 1. The molecule has 0 spiro atoms. The van der Waals surface area contributed by atoms with Crippen molar-refractivity contribution in [1.82, 2.24) is 0 Å². The van der Waals surface area contributed by atoms with Crippen molar-refractivity contribution >= 4 is 21.9 Å². The van der Waals surface area contributed by atoms with E-state index < -0.39 is 0 Å². The van der Waals surface area contributed by atoms with Crippen molar-refractivity contribution in [1.29, 1.82) is 0 Å². The molecule has 0 amide bonds. The lowest BCUT2D eigenvalue weighted by molar-refractivity contribution is -0.145. The molecule has 0 fully saturated rings. The van der Waals surface area contributed by atoms with Crippen molar-refractivity contribution in [3.63, 3.8) is 0 Å². The molecule has 1 rings (SSSR count). The molecule has 16 heavy (non-hydrogen) atoms. The van der Waals surface area contributed by atoms with Crippen LogP contribution in [0.5, 0.6) is 0 Å². The maximum absolute atomic E-state index is 11.4. The number of rotatable bonds is 4. The average molecular weight is 285 g/mol. The summed E-state index contributed by atoms with van der Waals surface area (Å²) in [7, 11) is 1.42. The summed E-state index contributed by atoms with van der Waals surface area (Å²) in [4.78, 5) is 11.4. The molecule has 0 saturated heterocycles. The largest absolute Gasteiger partial charge is 0.469 e. The predicted octanol–water partition coefficient (Wildman–Crippen LogP) is 3.50. The predicted molar refractivity (Wildman–Crippen MR) is 68.5 cm³/mol. The van der Waals surface area contributed by atoms with Gasteiger partial charge in [0.1, 0.15) is 0 Å². The normalized spacial score (nSPS) is 16.2. The molecule has 1 aromatic carbocycles. The maximum atomic E-state index is 11.4. The number of alkyl halides is 1. The molecule has 0 aliphatic carbocycles. The van der Waals surface area contributed by atoms with Gasteiger partial charge in [0.05, 0.1) is 13.0 Å². The minimum Gasteiger partial charge on any atom is -0.469 e. The van der Waals surface area contributed by atoms with Gasteiger partial charge in [-0.05, 0) is 18.9 Å². The molecule has 3 heteroatoms. The van der Waals surface area contributed by atoms with E-state index in [2.05, 4.69) is 35.0 Å². The number of ether oxygens (including phenoxy) is 1. The van der Waals surface area contributed by atoms with E-state index in [9.17, 15) is 4.79 Å². The zero-order valence-electron chi connectivity index (χ0n) is 9.87. The van der Waals surface area contributed by atoms with Crippen molar-refractivity contribution in [2.45, 2.75) is 24.6 Å². The number of carbonyl (C=O) groups excluding carboxylic acids is 1. The van der Waals surface area contributed by atoms with Gasteiger partial charge < -0.3 is 4.74 Å². The van der Waals surface area contributed by atoms with Gasteiger partial charge in [0.25, 0.3) is 0 Å². The fourth-order valence-electron chi connectivity index (χ4n) is 1.76. The molecule has 0 aliphatic heterocycles. The van der Waals surface area contributed by atoms with Crippen molar-refractivity contribution < 1.29 is 9.53 Å². The second kappa shape index (κ2) is 5.48. The summed E-state index contributed by atoms with van der Waals surface area (Å²) in [5.41, 5.74) is 1.17. The highest BCUT2D eigenvalue weighted by atomic mass is 79.9. The van der Waals surface area contributed by atoms with Crippen LogP contribution in [-0.2, 0) is 13.9 Å². The molecule has 0 N–H and O–H groups in total. The van der Waals surface area contributed by atoms with Crippen LogP contribution in [0.15, 0.2) is 30.3 Å². The molecule has 0 aliphatic rings. The van der Waals surface area contributed by atoms with E-state index >= 15 is 0 Å². The fraction of sp³-hybridized carbons (Fsp3) is 0.462. The Labute approximate surface area is 105 Å². The molecule has 0 heterocycles. The van der Waals surface area contributed by atoms with Crippen LogP contribution in [0.3, 0.4) is 0 Å². The Morgan fingerprint density at radius 3 is 2.50 bits per heavy atom. The Bertz CT molecular complexity index is 346. The summed E-state index contributed by atoms with van der Waals surface area (Å²) in [5, 5.41) is 0. The highest BCUT2D eigenvalue weighted by Gasteiger charge is 2.28. The first-order valence-corrected chi connectivity index (χ1v) is 6.09. The molecule has 0 bridgehead atoms. The van der Waals surface area contributed by atoms with Crippen molar-refractivity contribution in [2.75, 3.05) is 7.11 Å². The van der Waals surface area contributed by atoms with E-state index in [1.54, 1.807) is 0 Å². The third-order valence-electron chi connectivity index (χ3n) is 2.67. The third-order valence-corrected chi connectivity index (χ3v) is 3.45. The average Bonchev–Trinajstić information content (AvgIpc) is 2.28. The number of hydrogen-bond donors (Lipinski definition) is 0. The molecule has 0 aromatic heterocycles. The lowest BCUT2D eigenvalue weighted by atomic mass is 9.91. The zero-order valence-corrected chi connectivity index (χ0v) is 11.5. The van der Waals surface area contributed by atoms with Crippen LogP contribution in [0.25, 0.3) is 0 Å². The maximum Gasteiger partial charge on any atom is 0.308 e. The van der Waals surface area contributed by atoms with Gasteiger partial charge in [0, 0.05) is 4.32 Å². The Morgan fingerprint density at radius 2 is 2.00 bits per heavy atom. The van der Waals surface area contributed by atoms with E-state index in [0.717, 1.165) is 0 Å². The van der Waals surface area contributed by atoms with Gasteiger partial charge in [0.15, 0.2) is 0 Å². The molecular formula is C13H17BrO2. The van der Waals surface area contributed by atoms with Crippen LogP contribution in [0.4, 0.5) is 0 Å². The van der Waals surface area contributed by atoms with Gasteiger partial charge >= 0.3 is 5.97 Å². The quantitative estimate of drug-likeness (QED) is 0.625. The summed E-state index contributed by atoms with van der Waals surface area (Å²) in [6, 6.07) is 10.1. The van der Waals surface area contributed by atoms with E-state index in [1.807, 2.05) is 25.1 Å². The Kier molecular flexibility index (Phi) is 4.54. The summed E-state index contributed by atoms with van der Waals surface area (Å²) < 4.78 is 4.54. The zero-order chi connectivity index (χ0) is 12.2. The van der Waals surface area contributed by atoms with Crippen molar-refractivity contribution in [2.24, 2.45) is 5.92 Å². The summed E-state index contributed by atoms with van der Waals surface area (Å²) in [6.45, 7) is 3.95. The first kappa shape index (κ1) is 13.2. The Hall–Kier alpha value is -0.830. The van der Waals surface area contributed by atoms with E-state index in [4.69, 9.17) is 4.74 Å². The minimum absolute atomic E-state index is 0.116. The first-order chi connectivity index (χ1) is 7.47. The lowest BCUT2D eigenvalue weighted by Crippen LogP contribution is -2.22. The van der Waals surface area contributed by atoms with Crippen LogP contribution in [0.1, 0.15) is 25.8 Å². The molecule has 88 valence electrons. The number of hydrogen-bond acceptors (Lipinski definition) is 2. The van der Waals surface area contributed by atoms with E-state index in [0.29, 0.717) is 6.42 Å².